The molecule has 1 amide bonds. The summed E-state index contributed by atoms with van der Waals surface area (Å²) in [6, 6.07) is 7.66. The predicted molar refractivity (Wildman–Crippen MR) is 77.6 cm³/mol. The maximum atomic E-state index is 11.8. The fourth-order valence-electron chi connectivity index (χ4n) is 1.61. The summed E-state index contributed by atoms with van der Waals surface area (Å²) < 4.78 is 4.07. The van der Waals surface area contributed by atoms with E-state index in [0.717, 1.165) is 16.8 Å². The Bertz CT molecular complexity index is 661. The van der Waals surface area contributed by atoms with Gasteiger partial charge in [-0.15, -0.1) is 11.3 Å². The Labute approximate surface area is 117 Å². The van der Waals surface area contributed by atoms with E-state index in [1.54, 1.807) is 10.9 Å². The number of carbonyl (C=O) groups is 1. The molecule has 0 unspecified atom stereocenters. The molecule has 1 N–H and O–H groups in total. The van der Waals surface area contributed by atoms with Crippen molar-refractivity contribution in [3.8, 4) is 11.1 Å². The zero-order valence-corrected chi connectivity index (χ0v) is 11.4. The number of aromatic nitrogens is 2. The molecule has 94 valence electrons. The lowest BCUT2D eigenvalue weighted by Crippen LogP contribution is -2.11. The molecule has 2 heterocycles. The van der Waals surface area contributed by atoms with Crippen molar-refractivity contribution in [2.24, 2.45) is 0 Å². The van der Waals surface area contributed by atoms with Gasteiger partial charge in [0, 0.05) is 28.2 Å². The molecule has 4 nitrogen and oxygen atoms in total. The van der Waals surface area contributed by atoms with Crippen molar-refractivity contribution in [2.75, 3.05) is 5.32 Å². The van der Waals surface area contributed by atoms with Crippen molar-refractivity contribution in [1.29, 1.82) is 0 Å². The molecule has 0 radical (unpaired) electrons. The molecular weight excluding hydrogens is 278 g/mol. The molecule has 19 heavy (non-hydrogen) atoms. The number of benzene rings is 1. The van der Waals surface area contributed by atoms with E-state index in [9.17, 15) is 4.79 Å². The molecular formula is C13H9N3OS2. The number of rotatable bonds is 3. The van der Waals surface area contributed by atoms with Crippen molar-refractivity contribution >= 4 is 34.5 Å². The standard InChI is InChI=1S/C13H9N3OS2/c17-13(12-7-18-8-14-12)16-11-3-1-9(2-4-11)10-5-15-19-6-10/h1-8H,(H,16,17). The third-order valence-electron chi connectivity index (χ3n) is 2.57. The molecule has 0 bridgehead atoms. The number of hydrogen-bond acceptors (Lipinski definition) is 5. The molecule has 0 atom stereocenters. The van der Waals surface area contributed by atoms with Gasteiger partial charge in [-0.1, -0.05) is 12.1 Å². The molecule has 6 heteroatoms. The first kappa shape index (κ1) is 12.0. The van der Waals surface area contributed by atoms with E-state index in [0.29, 0.717) is 5.69 Å². The van der Waals surface area contributed by atoms with Gasteiger partial charge < -0.3 is 5.32 Å². The number of anilines is 1. The van der Waals surface area contributed by atoms with E-state index >= 15 is 0 Å². The van der Waals surface area contributed by atoms with Crippen LogP contribution in [0.1, 0.15) is 10.5 Å². The van der Waals surface area contributed by atoms with Crippen LogP contribution >= 0.6 is 22.9 Å². The third kappa shape index (κ3) is 2.69. The number of nitrogens with zero attached hydrogens (tertiary/aromatic N) is 2. The summed E-state index contributed by atoms with van der Waals surface area (Å²) in [5.41, 5.74) is 5.01. The number of nitrogens with one attached hydrogen (secondary N) is 1. The molecule has 0 saturated carbocycles. The van der Waals surface area contributed by atoms with Crippen LogP contribution in [0.5, 0.6) is 0 Å². The minimum atomic E-state index is -0.189. The molecule has 0 aliphatic rings. The molecule has 0 aliphatic carbocycles. The van der Waals surface area contributed by atoms with Gasteiger partial charge in [0.15, 0.2) is 0 Å². The van der Waals surface area contributed by atoms with Gasteiger partial charge in [0.25, 0.3) is 5.91 Å². The fourth-order valence-corrected chi connectivity index (χ4v) is 2.69. The summed E-state index contributed by atoms with van der Waals surface area (Å²) in [5, 5.41) is 6.52. The van der Waals surface area contributed by atoms with E-state index < -0.39 is 0 Å². The largest absolute Gasteiger partial charge is 0.321 e. The Morgan fingerprint density at radius 1 is 1.11 bits per heavy atom. The quantitative estimate of drug-likeness (QED) is 0.802. The molecule has 0 spiro atoms. The lowest BCUT2D eigenvalue weighted by molar-refractivity contribution is 0.102. The average Bonchev–Trinajstić information content (AvgIpc) is 3.13. The predicted octanol–water partition coefficient (Wildman–Crippen LogP) is 3.52. The van der Waals surface area contributed by atoms with Crippen molar-refractivity contribution in [3.63, 3.8) is 0 Å². The Hall–Kier alpha value is -2.05. The highest BCUT2D eigenvalue weighted by atomic mass is 32.1. The normalized spacial score (nSPS) is 10.3. The Kier molecular flexibility index (Phi) is 3.35. The van der Waals surface area contributed by atoms with E-state index in [4.69, 9.17) is 0 Å². The van der Waals surface area contributed by atoms with E-state index in [-0.39, 0.29) is 5.91 Å². The van der Waals surface area contributed by atoms with Crippen LogP contribution in [0.4, 0.5) is 5.69 Å². The molecule has 3 aromatic rings. The topological polar surface area (TPSA) is 54.9 Å². The van der Waals surface area contributed by atoms with Gasteiger partial charge in [-0.25, -0.2) is 9.36 Å². The van der Waals surface area contributed by atoms with Crippen LogP contribution in [0.15, 0.2) is 46.7 Å². The highest BCUT2D eigenvalue weighted by Crippen LogP contribution is 2.22. The van der Waals surface area contributed by atoms with Gasteiger partial charge in [-0.3, -0.25) is 4.79 Å². The number of thiazole rings is 1. The summed E-state index contributed by atoms with van der Waals surface area (Å²) in [4.78, 5) is 15.8. The van der Waals surface area contributed by atoms with Crippen LogP contribution in [0.2, 0.25) is 0 Å². The monoisotopic (exact) mass is 287 g/mol. The van der Waals surface area contributed by atoms with Crippen LogP contribution in [-0.2, 0) is 0 Å². The van der Waals surface area contributed by atoms with Crippen LogP contribution in [0, 0.1) is 0 Å². The zero-order valence-electron chi connectivity index (χ0n) is 9.74. The number of carbonyl (C=O) groups excluding carboxylic acids is 1. The molecule has 0 fully saturated rings. The molecule has 2 aromatic heterocycles. The van der Waals surface area contributed by atoms with E-state index in [2.05, 4.69) is 14.7 Å². The highest BCUT2D eigenvalue weighted by molar-refractivity contribution is 7.07. The smallest absolute Gasteiger partial charge is 0.275 e. The maximum absolute atomic E-state index is 11.8. The fraction of sp³-hybridized carbons (Fsp3) is 0. The summed E-state index contributed by atoms with van der Waals surface area (Å²) >= 11 is 2.82. The average molecular weight is 287 g/mol. The molecule has 0 aliphatic heterocycles. The second kappa shape index (κ2) is 5.29. The van der Waals surface area contributed by atoms with Gasteiger partial charge >= 0.3 is 0 Å². The van der Waals surface area contributed by atoms with Crippen molar-refractivity contribution in [3.05, 3.63) is 52.4 Å². The van der Waals surface area contributed by atoms with Crippen molar-refractivity contribution in [2.45, 2.75) is 0 Å². The minimum Gasteiger partial charge on any atom is -0.321 e. The van der Waals surface area contributed by atoms with E-state index in [1.165, 1.54) is 22.9 Å². The molecule has 0 saturated heterocycles. The SMILES string of the molecule is O=C(Nc1ccc(-c2cnsc2)cc1)c1cscn1. The summed E-state index contributed by atoms with van der Waals surface area (Å²) in [6.07, 6.45) is 1.83. The lowest BCUT2D eigenvalue weighted by Gasteiger charge is -2.04. The van der Waals surface area contributed by atoms with Gasteiger partial charge in [0.1, 0.15) is 5.69 Å². The molecule has 1 aromatic carbocycles. The number of hydrogen-bond donors (Lipinski definition) is 1. The zero-order chi connectivity index (χ0) is 13.1. The van der Waals surface area contributed by atoms with Crippen molar-refractivity contribution in [1.82, 2.24) is 9.36 Å². The van der Waals surface area contributed by atoms with Crippen LogP contribution in [-0.4, -0.2) is 15.3 Å². The first-order valence-corrected chi connectivity index (χ1v) is 7.30. The van der Waals surface area contributed by atoms with Crippen LogP contribution in [0.3, 0.4) is 0 Å². The summed E-state index contributed by atoms with van der Waals surface area (Å²) in [5.74, 6) is -0.189. The second-order valence-electron chi connectivity index (χ2n) is 3.82. The first-order chi connectivity index (χ1) is 9.33. The first-order valence-electron chi connectivity index (χ1n) is 5.52. The van der Waals surface area contributed by atoms with Crippen LogP contribution < -0.4 is 5.32 Å². The molecule has 3 rings (SSSR count). The van der Waals surface area contributed by atoms with Crippen molar-refractivity contribution < 1.29 is 4.79 Å². The van der Waals surface area contributed by atoms with Gasteiger partial charge in [-0.2, -0.15) is 0 Å². The Morgan fingerprint density at radius 3 is 2.58 bits per heavy atom. The lowest BCUT2D eigenvalue weighted by atomic mass is 10.1. The number of amides is 1. The van der Waals surface area contributed by atoms with Crippen LogP contribution in [0.25, 0.3) is 11.1 Å². The van der Waals surface area contributed by atoms with E-state index in [1.807, 2.05) is 35.8 Å². The third-order valence-corrected chi connectivity index (χ3v) is 3.75. The van der Waals surface area contributed by atoms with Gasteiger partial charge in [0.2, 0.25) is 0 Å². The summed E-state index contributed by atoms with van der Waals surface area (Å²) in [7, 11) is 0. The Morgan fingerprint density at radius 2 is 1.95 bits per heavy atom. The van der Waals surface area contributed by atoms with Gasteiger partial charge in [-0.05, 0) is 29.2 Å². The minimum absolute atomic E-state index is 0.189. The van der Waals surface area contributed by atoms with Gasteiger partial charge in [0.05, 0.1) is 5.51 Å². The second-order valence-corrected chi connectivity index (χ2v) is 5.19. The Balaban J connectivity index is 1.75. The summed E-state index contributed by atoms with van der Waals surface area (Å²) in [6.45, 7) is 0. The highest BCUT2D eigenvalue weighted by Gasteiger charge is 2.07. The maximum Gasteiger partial charge on any atom is 0.275 e.